The van der Waals surface area contributed by atoms with Crippen LogP contribution in [0.4, 0.5) is 26.3 Å². The fourth-order valence-electron chi connectivity index (χ4n) is 4.58. The second-order valence-electron chi connectivity index (χ2n) is 11.1. The van der Waals surface area contributed by atoms with E-state index >= 15 is 0 Å². The molecule has 3 heterocycles. The van der Waals surface area contributed by atoms with Crippen molar-refractivity contribution in [3.8, 4) is 17.6 Å². The molecular weight excluding hydrogens is 638 g/mol. The number of aromatic nitrogens is 4. The van der Waals surface area contributed by atoms with Gasteiger partial charge in [0.15, 0.2) is 39.2 Å². The summed E-state index contributed by atoms with van der Waals surface area (Å²) in [4.78, 5) is 25.8. The Morgan fingerprint density at radius 2 is 1.91 bits per heavy atom. The highest BCUT2D eigenvalue weighted by molar-refractivity contribution is 7.22. The van der Waals surface area contributed by atoms with Gasteiger partial charge in [-0.2, -0.15) is 0 Å². The molecule has 0 atom stereocenters. The number of nitrogens with one attached hydrogen (secondary N) is 1. The molecule has 47 heavy (non-hydrogen) atoms. The van der Waals surface area contributed by atoms with Crippen LogP contribution in [0.15, 0.2) is 48.5 Å². The Hall–Kier alpha value is -4.64. The van der Waals surface area contributed by atoms with E-state index in [0.717, 1.165) is 33.8 Å². The molecule has 0 aliphatic carbocycles. The van der Waals surface area contributed by atoms with Crippen molar-refractivity contribution in [2.45, 2.75) is 39.5 Å². The average molecular weight is 674 g/mol. The number of para-hydroxylation sites is 1. The number of carboxylic acid groups (broad SMARTS) is 1. The van der Waals surface area contributed by atoms with Crippen LogP contribution in [0.3, 0.4) is 0 Å². The topological polar surface area (TPSA) is 117 Å². The number of anilines is 4. The lowest BCUT2D eigenvalue weighted by atomic mass is 10.2. The van der Waals surface area contributed by atoms with Crippen LogP contribution in [-0.2, 0) is 6.42 Å². The van der Waals surface area contributed by atoms with E-state index < -0.39 is 11.8 Å². The van der Waals surface area contributed by atoms with Gasteiger partial charge >= 0.3 is 5.97 Å². The smallest absolute Gasteiger partial charge is 0.355 e. The molecular formula is C34H36FN7O3S2. The number of aryl methyl sites for hydroxylation is 2. The summed E-state index contributed by atoms with van der Waals surface area (Å²) in [5, 5.41) is 23.4. The van der Waals surface area contributed by atoms with E-state index in [2.05, 4.69) is 44.2 Å². The number of benzene rings is 2. The first-order valence-corrected chi connectivity index (χ1v) is 16.9. The summed E-state index contributed by atoms with van der Waals surface area (Å²) >= 11 is 2.85. The largest absolute Gasteiger partial charge is 0.491 e. The number of fused-ring (bicyclic) bond motifs is 1. The van der Waals surface area contributed by atoms with Gasteiger partial charge in [-0.1, -0.05) is 48.7 Å². The number of halogens is 1. The molecule has 0 fully saturated rings. The Labute approximate surface area is 281 Å². The molecule has 244 valence electrons. The summed E-state index contributed by atoms with van der Waals surface area (Å²) in [6.45, 7) is 5.42. The van der Waals surface area contributed by atoms with Crippen molar-refractivity contribution in [1.29, 1.82) is 0 Å². The summed E-state index contributed by atoms with van der Waals surface area (Å²) in [6, 6.07) is 14.5. The molecule has 0 unspecified atom stereocenters. The zero-order valence-corrected chi connectivity index (χ0v) is 28.3. The van der Waals surface area contributed by atoms with Crippen LogP contribution in [0.2, 0.25) is 0 Å². The number of thiazole rings is 2. The molecule has 0 bridgehead atoms. The molecule has 0 radical (unpaired) electrons. The minimum absolute atomic E-state index is 0.00265. The summed E-state index contributed by atoms with van der Waals surface area (Å²) in [6.07, 6.45) is 2.67. The Morgan fingerprint density at radius 1 is 1.09 bits per heavy atom. The number of carbonyl (C=O) groups is 1. The number of carboxylic acids is 1. The predicted octanol–water partition coefficient (Wildman–Crippen LogP) is 7.30. The molecule has 0 saturated heterocycles. The van der Waals surface area contributed by atoms with Crippen molar-refractivity contribution in [2.24, 2.45) is 0 Å². The second kappa shape index (κ2) is 15.8. The molecule has 0 saturated carbocycles. The highest BCUT2D eigenvalue weighted by atomic mass is 32.1. The first-order valence-electron chi connectivity index (χ1n) is 15.2. The van der Waals surface area contributed by atoms with Gasteiger partial charge in [-0.15, -0.1) is 21.5 Å². The monoisotopic (exact) mass is 673 g/mol. The third-order valence-corrected chi connectivity index (χ3v) is 9.08. The summed E-state index contributed by atoms with van der Waals surface area (Å²) in [7, 11) is 3.83. The molecule has 13 heteroatoms. The van der Waals surface area contributed by atoms with E-state index in [1.807, 2.05) is 61.2 Å². The third-order valence-electron chi connectivity index (χ3n) is 6.99. The maximum absolute atomic E-state index is 14.6. The number of hydrogen-bond acceptors (Lipinski definition) is 11. The number of rotatable bonds is 14. The summed E-state index contributed by atoms with van der Waals surface area (Å²) < 4.78 is 21.4. The van der Waals surface area contributed by atoms with Gasteiger partial charge in [0.25, 0.3) is 0 Å². The van der Waals surface area contributed by atoms with Gasteiger partial charge in [0, 0.05) is 17.0 Å². The predicted molar refractivity (Wildman–Crippen MR) is 186 cm³/mol. The van der Waals surface area contributed by atoms with E-state index in [0.29, 0.717) is 53.1 Å². The van der Waals surface area contributed by atoms with Gasteiger partial charge in [-0.05, 0) is 82.2 Å². The minimum Gasteiger partial charge on any atom is -0.491 e. The number of aromatic carboxylic acids is 1. The lowest BCUT2D eigenvalue weighted by molar-refractivity contribution is 0.0690. The highest BCUT2D eigenvalue weighted by Crippen LogP contribution is 2.34. The van der Waals surface area contributed by atoms with Crippen molar-refractivity contribution >= 4 is 60.8 Å². The Kier molecular flexibility index (Phi) is 11.3. The summed E-state index contributed by atoms with van der Waals surface area (Å²) in [5.41, 5.74) is 2.35. The first kappa shape index (κ1) is 33.7. The Morgan fingerprint density at radius 3 is 2.64 bits per heavy atom. The zero-order valence-electron chi connectivity index (χ0n) is 26.7. The van der Waals surface area contributed by atoms with Crippen LogP contribution >= 0.6 is 22.7 Å². The molecule has 0 amide bonds. The molecule has 5 aromatic rings. The van der Waals surface area contributed by atoms with Crippen LogP contribution in [0.25, 0.3) is 10.2 Å². The quantitative estimate of drug-likeness (QED) is 0.0919. The van der Waals surface area contributed by atoms with Crippen molar-refractivity contribution in [3.63, 3.8) is 0 Å². The normalized spacial score (nSPS) is 11.0. The number of unbranched alkanes of at least 4 members (excludes halogenated alkanes) is 1. The van der Waals surface area contributed by atoms with E-state index in [1.54, 1.807) is 12.1 Å². The second-order valence-corrected chi connectivity index (χ2v) is 13.2. The van der Waals surface area contributed by atoms with Gasteiger partial charge in [0.1, 0.15) is 0 Å². The Bertz CT molecular complexity index is 1880. The van der Waals surface area contributed by atoms with Crippen LogP contribution < -0.4 is 15.0 Å². The standard InChI is InChI=1S/C34H36FN7O3S2/c1-5-6-18-42(29-20-22(2)31(40-39-29)38-33-36-25-12-7-8-13-27(25)46-33)34-37-30(32(43)44)28(47-34)14-10-19-45-26-16-15-23(21-24(26)35)11-9-17-41(3)4/h7-8,12-13,15-16,20-21H,5-6,10,14,17-19H2,1-4H3,(H,43,44)(H,36,38,40). The van der Waals surface area contributed by atoms with Crippen molar-refractivity contribution in [3.05, 3.63) is 76.0 Å². The lowest BCUT2D eigenvalue weighted by Crippen LogP contribution is -2.20. The fourth-order valence-corrected chi connectivity index (χ4v) is 6.57. The molecule has 3 aromatic heterocycles. The van der Waals surface area contributed by atoms with Gasteiger partial charge in [0.05, 0.1) is 23.4 Å². The third kappa shape index (κ3) is 8.79. The van der Waals surface area contributed by atoms with Crippen molar-refractivity contribution in [1.82, 2.24) is 25.1 Å². The number of ether oxygens (including phenoxy) is 1. The van der Waals surface area contributed by atoms with Gasteiger partial charge < -0.3 is 20.1 Å². The van der Waals surface area contributed by atoms with Crippen LogP contribution in [0.5, 0.6) is 5.75 Å². The molecule has 0 spiro atoms. The molecule has 2 N–H and O–H groups in total. The molecule has 2 aromatic carbocycles. The van der Waals surface area contributed by atoms with E-state index in [-0.39, 0.29) is 18.1 Å². The number of nitrogens with zero attached hydrogens (tertiary/aromatic N) is 6. The van der Waals surface area contributed by atoms with E-state index in [4.69, 9.17) is 4.74 Å². The van der Waals surface area contributed by atoms with Gasteiger partial charge in [-0.3, -0.25) is 4.90 Å². The van der Waals surface area contributed by atoms with Crippen LogP contribution in [0, 0.1) is 24.6 Å². The SMILES string of the molecule is CCCCN(c1cc(C)c(Nc2nc3ccccc3s2)nn1)c1nc(C(=O)O)c(CCCOc2ccc(C#CCN(C)C)cc2F)s1. The molecule has 0 aliphatic heterocycles. The average Bonchev–Trinajstić information content (AvgIpc) is 3.65. The fraction of sp³-hybridized carbons (Fsp3) is 0.324. The van der Waals surface area contributed by atoms with Crippen molar-refractivity contribution < 1.29 is 19.0 Å². The highest BCUT2D eigenvalue weighted by Gasteiger charge is 2.23. The van der Waals surface area contributed by atoms with Crippen LogP contribution in [-0.4, -0.2) is 69.9 Å². The van der Waals surface area contributed by atoms with E-state index in [9.17, 15) is 14.3 Å². The van der Waals surface area contributed by atoms with E-state index in [1.165, 1.54) is 28.7 Å². The molecule has 5 rings (SSSR count). The maximum atomic E-state index is 14.6. The molecule has 0 aliphatic rings. The van der Waals surface area contributed by atoms with Gasteiger partial charge in [0.2, 0.25) is 0 Å². The lowest BCUT2D eigenvalue weighted by Gasteiger charge is -2.21. The zero-order chi connectivity index (χ0) is 33.3. The maximum Gasteiger partial charge on any atom is 0.355 e. The first-order chi connectivity index (χ1) is 22.7. The van der Waals surface area contributed by atoms with Crippen molar-refractivity contribution in [2.75, 3.05) is 44.0 Å². The Balaban J connectivity index is 1.27. The molecule has 10 nitrogen and oxygen atoms in total. The summed E-state index contributed by atoms with van der Waals surface area (Å²) in [5.74, 6) is 5.64. The number of hydrogen-bond donors (Lipinski definition) is 2. The van der Waals surface area contributed by atoms with Gasteiger partial charge in [-0.25, -0.2) is 19.2 Å². The van der Waals surface area contributed by atoms with Crippen LogP contribution in [0.1, 0.15) is 52.7 Å². The minimum atomic E-state index is -1.10.